The molecule has 0 saturated heterocycles. The van der Waals surface area contributed by atoms with Gasteiger partial charge in [0.25, 0.3) is 0 Å². The predicted octanol–water partition coefficient (Wildman–Crippen LogP) is 4.21. The molecule has 0 spiro atoms. The Hall–Kier alpha value is -0.920. The molecule has 0 saturated carbocycles. The molecule has 96 valence electrons. The number of aryl methyl sites for hydroxylation is 1. The van der Waals surface area contributed by atoms with Gasteiger partial charge in [-0.1, -0.05) is 41.0 Å². The molecule has 0 fully saturated rings. The molecule has 2 atom stereocenters. The van der Waals surface area contributed by atoms with Crippen molar-refractivity contribution in [1.82, 2.24) is 9.97 Å². The second-order valence-corrected chi connectivity index (χ2v) is 5.33. The number of fused-ring (bicyclic) bond motifs is 1. The van der Waals surface area contributed by atoms with Gasteiger partial charge in [-0.05, 0) is 24.7 Å². The molecule has 1 aliphatic carbocycles. The Bertz CT molecular complexity index is 333. The van der Waals surface area contributed by atoms with Crippen molar-refractivity contribution in [2.45, 2.75) is 59.8 Å². The lowest BCUT2D eigenvalue weighted by Gasteiger charge is -2.32. The van der Waals surface area contributed by atoms with Crippen molar-refractivity contribution in [3.05, 3.63) is 23.8 Å². The van der Waals surface area contributed by atoms with Gasteiger partial charge in [0.1, 0.15) is 0 Å². The molecular formula is C15H26N2. The van der Waals surface area contributed by atoms with Gasteiger partial charge in [-0.3, -0.25) is 9.97 Å². The van der Waals surface area contributed by atoms with E-state index in [9.17, 15) is 0 Å². The van der Waals surface area contributed by atoms with Gasteiger partial charge >= 0.3 is 0 Å². The number of hydrogen-bond acceptors (Lipinski definition) is 2. The number of rotatable bonds is 1. The van der Waals surface area contributed by atoms with E-state index in [0.717, 1.165) is 18.3 Å². The second kappa shape index (κ2) is 6.73. The van der Waals surface area contributed by atoms with Crippen LogP contribution in [0.1, 0.15) is 64.8 Å². The third kappa shape index (κ3) is 3.52. The molecular weight excluding hydrogens is 208 g/mol. The molecule has 2 rings (SSSR count). The lowest BCUT2D eigenvalue weighted by molar-refractivity contribution is 0.287. The largest absolute Gasteiger partial charge is 0.258 e. The van der Waals surface area contributed by atoms with Crippen LogP contribution in [0.25, 0.3) is 0 Å². The Morgan fingerprint density at radius 3 is 2.41 bits per heavy atom. The van der Waals surface area contributed by atoms with Crippen molar-refractivity contribution in [2.75, 3.05) is 0 Å². The van der Waals surface area contributed by atoms with E-state index in [1.165, 1.54) is 24.2 Å². The van der Waals surface area contributed by atoms with E-state index in [-0.39, 0.29) is 0 Å². The van der Waals surface area contributed by atoms with Crippen LogP contribution in [0, 0.1) is 11.8 Å². The van der Waals surface area contributed by atoms with Gasteiger partial charge in [0, 0.05) is 18.3 Å². The van der Waals surface area contributed by atoms with Gasteiger partial charge < -0.3 is 0 Å². The molecule has 1 heterocycles. The van der Waals surface area contributed by atoms with E-state index in [0.29, 0.717) is 5.92 Å². The molecule has 0 N–H and O–H groups in total. The van der Waals surface area contributed by atoms with E-state index >= 15 is 0 Å². The Labute approximate surface area is 106 Å². The summed E-state index contributed by atoms with van der Waals surface area (Å²) >= 11 is 0. The summed E-state index contributed by atoms with van der Waals surface area (Å²) in [6, 6.07) is 0. The van der Waals surface area contributed by atoms with Gasteiger partial charge in [0.05, 0.1) is 11.4 Å². The Morgan fingerprint density at radius 2 is 1.82 bits per heavy atom. The first-order chi connectivity index (χ1) is 8.11. The van der Waals surface area contributed by atoms with Crippen molar-refractivity contribution in [2.24, 2.45) is 11.8 Å². The van der Waals surface area contributed by atoms with Crippen molar-refractivity contribution >= 4 is 0 Å². The second-order valence-electron chi connectivity index (χ2n) is 5.33. The molecule has 0 aromatic carbocycles. The van der Waals surface area contributed by atoms with E-state index in [2.05, 4.69) is 44.6 Å². The first kappa shape index (κ1) is 14.1. The van der Waals surface area contributed by atoms with Crippen LogP contribution in [0.2, 0.25) is 0 Å². The zero-order chi connectivity index (χ0) is 12.8. The maximum absolute atomic E-state index is 4.47. The van der Waals surface area contributed by atoms with Crippen LogP contribution < -0.4 is 0 Å². The van der Waals surface area contributed by atoms with E-state index in [4.69, 9.17) is 0 Å². The number of aromatic nitrogens is 2. The lowest BCUT2D eigenvalue weighted by Crippen LogP contribution is -2.24. The Balaban J connectivity index is 0.000000437. The van der Waals surface area contributed by atoms with Crippen LogP contribution in [0.5, 0.6) is 0 Å². The van der Waals surface area contributed by atoms with Crippen LogP contribution in [-0.2, 0) is 6.42 Å². The van der Waals surface area contributed by atoms with Crippen molar-refractivity contribution < 1.29 is 0 Å². The third-order valence-corrected chi connectivity index (χ3v) is 3.45. The van der Waals surface area contributed by atoms with Crippen molar-refractivity contribution in [3.8, 4) is 0 Å². The molecule has 2 heteroatoms. The maximum atomic E-state index is 4.47. The summed E-state index contributed by atoms with van der Waals surface area (Å²) in [7, 11) is 0. The fourth-order valence-corrected chi connectivity index (χ4v) is 2.62. The molecule has 1 aromatic heterocycles. The lowest BCUT2D eigenvalue weighted by atomic mass is 9.75. The van der Waals surface area contributed by atoms with E-state index < -0.39 is 0 Å². The minimum absolute atomic E-state index is 0.576. The van der Waals surface area contributed by atoms with Crippen LogP contribution in [0.15, 0.2) is 12.4 Å². The van der Waals surface area contributed by atoms with Gasteiger partial charge in [0.15, 0.2) is 0 Å². The first-order valence-electron chi connectivity index (χ1n) is 6.91. The van der Waals surface area contributed by atoms with Gasteiger partial charge in [0.2, 0.25) is 0 Å². The summed E-state index contributed by atoms with van der Waals surface area (Å²) in [5.41, 5.74) is 2.45. The standard InChI is InChI=1S/C12H18N2.C3H8/c1-8(2)10-4-5-11-12(9(10)3)14-7-6-13-11;1-3-2/h6-10H,4-5H2,1-3H3;3H2,1-2H3. The Morgan fingerprint density at radius 1 is 1.24 bits per heavy atom. The zero-order valence-electron chi connectivity index (χ0n) is 11.9. The van der Waals surface area contributed by atoms with E-state index in [1.807, 2.05) is 6.20 Å². The molecule has 1 aromatic rings. The monoisotopic (exact) mass is 234 g/mol. The summed E-state index contributed by atoms with van der Waals surface area (Å²) in [5.74, 6) is 2.10. The summed E-state index contributed by atoms with van der Waals surface area (Å²) < 4.78 is 0. The van der Waals surface area contributed by atoms with Crippen molar-refractivity contribution in [1.29, 1.82) is 0 Å². The van der Waals surface area contributed by atoms with Gasteiger partial charge in [-0.15, -0.1) is 0 Å². The normalized spacial score (nSPS) is 22.7. The van der Waals surface area contributed by atoms with E-state index in [1.54, 1.807) is 6.20 Å². The minimum atomic E-state index is 0.576. The summed E-state index contributed by atoms with van der Waals surface area (Å²) in [6.45, 7) is 11.2. The average molecular weight is 234 g/mol. The quantitative estimate of drug-likeness (QED) is 0.727. The van der Waals surface area contributed by atoms with Crippen molar-refractivity contribution in [3.63, 3.8) is 0 Å². The fourth-order valence-electron chi connectivity index (χ4n) is 2.62. The molecule has 17 heavy (non-hydrogen) atoms. The minimum Gasteiger partial charge on any atom is -0.258 e. The summed E-state index contributed by atoms with van der Waals surface area (Å²) in [4.78, 5) is 8.87. The molecule has 0 radical (unpaired) electrons. The first-order valence-corrected chi connectivity index (χ1v) is 6.91. The summed E-state index contributed by atoms with van der Waals surface area (Å²) in [6.07, 6.45) is 7.25. The summed E-state index contributed by atoms with van der Waals surface area (Å²) in [5, 5.41) is 0. The molecule has 1 aliphatic rings. The smallest absolute Gasteiger partial charge is 0.0649 e. The molecule has 0 amide bonds. The van der Waals surface area contributed by atoms with Gasteiger partial charge in [-0.2, -0.15) is 0 Å². The molecule has 2 unspecified atom stereocenters. The average Bonchev–Trinajstić information content (AvgIpc) is 2.30. The SMILES string of the molecule is CC(C)C1CCc2nccnc2C1C.CCC. The predicted molar refractivity (Wildman–Crippen MR) is 73.1 cm³/mol. The molecule has 0 bridgehead atoms. The highest BCUT2D eigenvalue weighted by atomic mass is 14.8. The number of hydrogen-bond donors (Lipinski definition) is 0. The fraction of sp³-hybridized carbons (Fsp3) is 0.733. The van der Waals surface area contributed by atoms with Crippen LogP contribution >= 0.6 is 0 Å². The van der Waals surface area contributed by atoms with Crippen LogP contribution in [-0.4, -0.2) is 9.97 Å². The highest BCUT2D eigenvalue weighted by Crippen LogP contribution is 2.37. The van der Waals surface area contributed by atoms with Crippen LogP contribution in [0.4, 0.5) is 0 Å². The Kier molecular flexibility index (Phi) is 5.60. The highest BCUT2D eigenvalue weighted by molar-refractivity contribution is 5.19. The highest BCUT2D eigenvalue weighted by Gasteiger charge is 2.29. The number of nitrogens with zero attached hydrogens (tertiary/aromatic N) is 2. The molecule has 0 aliphatic heterocycles. The van der Waals surface area contributed by atoms with Gasteiger partial charge in [-0.25, -0.2) is 0 Å². The molecule has 2 nitrogen and oxygen atoms in total. The topological polar surface area (TPSA) is 25.8 Å². The van der Waals surface area contributed by atoms with Crippen LogP contribution in [0.3, 0.4) is 0 Å². The zero-order valence-corrected chi connectivity index (χ0v) is 11.9. The maximum Gasteiger partial charge on any atom is 0.0649 e. The third-order valence-electron chi connectivity index (χ3n) is 3.45.